The zero-order valence-electron chi connectivity index (χ0n) is 7.01. The molecule has 1 heterocycles. The van der Waals surface area contributed by atoms with Crippen LogP contribution in [0.25, 0.3) is 11.0 Å². The average Bonchev–Trinajstić information content (AvgIpc) is 2.61. The van der Waals surface area contributed by atoms with Crippen LogP contribution in [0, 0.1) is 0 Å². The topological polar surface area (TPSA) is 72.3 Å². The van der Waals surface area contributed by atoms with Crippen LogP contribution in [0.1, 0.15) is 0 Å². The SMILES string of the molecule is O=C(O)COc1ccc2nsnc2c1. The molecule has 72 valence electrons. The molecule has 0 aliphatic heterocycles. The maximum atomic E-state index is 10.2. The molecule has 14 heavy (non-hydrogen) atoms. The Balaban J connectivity index is 2.21. The lowest BCUT2D eigenvalue weighted by Gasteiger charge is -2.01. The molecule has 6 heteroatoms. The second kappa shape index (κ2) is 3.59. The summed E-state index contributed by atoms with van der Waals surface area (Å²) >= 11 is 1.11. The lowest BCUT2D eigenvalue weighted by atomic mass is 10.3. The van der Waals surface area contributed by atoms with E-state index in [0.717, 1.165) is 22.8 Å². The Kier molecular flexibility index (Phi) is 2.28. The van der Waals surface area contributed by atoms with Gasteiger partial charge in [-0.1, -0.05) is 0 Å². The predicted octanol–water partition coefficient (Wildman–Crippen LogP) is 1.15. The van der Waals surface area contributed by atoms with Gasteiger partial charge in [-0.25, -0.2) is 4.79 Å². The van der Waals surface area contributed by atoms with Gasteiger partial charge in [0.05, 0.1) is 11.7 Å². The summed E-state index contributed by atoms with van der Waals surface area (Å²) in [4.78, 5) is 10.2. The second-order valence-corrected chi connectivity index (χ2v) is 3.13. The highest BCUT2D eigenvalue weighted by atomic mass is 32.1. The number of nitrogens with zero attached hydrogens (tertiary/aromatic N) is 2. The fourth-order valence-corrected chi connectivity index (χ4v) is 1.51. The molecule has 1 aromatic heterocycles. The number of rotatable bonds is 3. The van der Waals surface area contributed by atoms with Crippen LogP contribution in [0.4, 0.5) is 0 Å². The molecule has 0 amide bonds. The summed E-state index contributed by atoms with van der Waals surface area (Å²) in [6, 6.07) is 5.09. The van der Waals surface area contributed by atoms with Crippen molar-refractivity contribution in [3.8, 4) is 5.75 Å². The molecule has 0 atom stereocenters. The number of carboxylic acids is 1. The number of hydrogen-bond donors (Lipinski definition) is 1. The third-order valence-electron chi connectivity index (χ3n) is 1.59. The first-order chi connectivity index (χ1) is 6.75. The van der Waals surface area contributed by atoms with Crippen molar-refractivity contribution in [1.82, 2.24) is 8.75 Å². The van der Waals surface area contributed by atoms with Gasteiger partial charge < -0.3 is 9.84 Å². The van der Waals surface area contributed by atoms with E-state index in [0.29, 0.717) is 5.75 Å². The van der Waals surface area contributed by atoms with Crippen LogP contribution >= 0.6 is 11.7 Å². The van der Waals surface area contributed by atoms with E-state index in [1.165, 1.54) is 0 Å². The summed E-state index contributed by atoms with van der Waals surface area (Å²) in [5.41, 5.74) is 1.51. The molecule has 0 unspecified atom stereocenters. The summed E-state index contributed by atoms with van der Waals surface area (Å²) in [5, 5.41) is 8.40. The minimum Gasteiger partial charge on any atom is -0.482 e. The van der Waals surface area contributed by atoms with E-state index in [1.807, 2.05) is 0 Å². The maximum Gasteiger partial charge on any atom is 0.341 e. The summed E-state index contributed by atoms with van der Waals surface area (Å²) in [7, 11) is 0. The summed E-state index contributed by atoms with van der Waals surface area (Å²) in [6.45, 7) is -0.344. The van der Waals surface area contributed by atoms with E-state index in [2.05, 4.69) is 8.75 Å². The number of hydrogen-bond acceptors (Lipinski definition) is 5. The van der Waals surface area contributed by atoms with E-state index >= 15 is 0 Å². The van der Waals surface area contributed by atoms with Gasteiger partial charge in [0.2, 0.25) is 0 Å². The molecule has 0 saturated carbocycles. The summed E-state index contributed by atoms with van der Waals surface area (Å²) in [6.07, 6.45) is 0. The average molecular weight is 210 g/mol. The summed E-state index contributed by atoms with van der Waals surface area (Å²) in [5.74, 6) is -0.505. The Morgan fingerprint density at radius 3 is 3.00 bits per heavy atom. The van der Waals surface area contributed by atoms with Gasteiger partial charge in [-0.15, -0.1) is 0 Å². The van der Waals surface area contributed by atoms with E-state index in [4.69, 9.17) is 9.84 Å². The normalized spacial score (nSPS) is 10.3. The Morgan fingerprint density at radius 2 is 2.21 bits per heavy atom. The van der Waals surface area contributed by atoms with E-state index in [9.17, 15) is 4.79 Å². The van der Waals surface area contributed by atoms with Gasteiger partial charge in [-0.3, -0.25) is 0 Å². The number of fused-ring (bicyclic) bond motifs is 1. The van der Waals surface area contributed by atoms with Crippen LogP contribution in [0.5, 0.6) is 5.75 Å². The van der Waals surface area contributed by atoms with Gasteiger partial charge in [0.25, 0.3) is 0 Å². The maximum absolute atomic E-state index is 10.2. The van der Waals surface area contributed by atoms with Gasteiger partial charge in [-0.05, 0) is 12.1 Å². The van der Waals surface area contributed by atoms with Crippen molar-refractivity contribution in [2.45, 2.75) is 0 Å². The van der Waals surface area contributed by atoms with Crippen LogP contribution in [0.2, 0.25) is 0 Å². The molecule has 0 aliphatic carbocycles. The molecule has 0 spiro atoms. The molecule has 0 aliphatic rings. The van der Waals surface area contributed by atoms with Crippen molar-refractivity contribution in [2.24, 2.45) is 0 Å². The molecular weight excluding hydrogens is 204 g/mol. The lowest BCUT2D eigenvalue weighted by Crippen LogP contribution is -2.09. The Morgan fingerprint density at radius 1 is 1.43 bits per heavy atom. The largest absolute Gasteiger partial charge is 0.482 e. The highest BCUT2D eigenvalue weighted by molar-refractivity contribution is 7.00. The first-order valence-electron chi connectivity index (χ1n) is 3.82. The molecule has 0 saturated heterocycles. The zero-order valence-corrected chi connectivity index (χ0v) is 7.82. The second-order valence-electron chi connectivity index (χ2n) is 2.60. The quantitative estimate of drug-likeness (QED) is 0.822. The number of benzene rings is 1. The molecule has 0 bridgehead atoms. The lowest BCUT2D eigenvalue weighted by molar-refractivity contribution is -0.139. The molecular formula is C8H6N2O3S. The Hall–Kier alpha value is -1.69. The first-order valence-corrected chi connectivity index (χ1v) is 4.55. The predicted molar refractivity (Wildman–Crippen MR) is 50.5 cm³/mol. The number of aliphatic carboxylic acids is 1. The zero-order chi connectivity index (χ0) is 9.97. The smallest absolute Gasteiger partial charge is 0.341 e. The van der Waals surface area contributed by atoms with Crippen LogP contribution in [0.15, 0.2) is 18.2 Å². The van der Waals surface area contributed by atoms with E-state index < -0.39 is 5.97 Å². The number of aromatic nitrogens is 2. The Bertz CT molecular complexity index is 468. The van der Waals surface area contributed by atoms with Gasteiger partial charge in [0.15, 0.2) is 6.61 Å². The Labute approximate surface area is 83.3 Å². The van der Waals surface area contributed by atoms with Crippen LogP contribution < -0.4 is 4.74 Å². The van der Waals surface area contributed by atoms with Crippen LogP contribution in [-0.2, 0) is 4.79 Å². The monoisotopic (exact) mass is 210 g/mol. The van der Waals surface area contributed by atoms with E-state index in [1.54, 1.807) is 18.2 Å². The van der Waals surface area contributed by atoms with Crippen molar-refractivity contribution in [1.29, 1.82) is 0 Å². The molecule has 2 rings (SSSR count). The molecule has 2 aromatic rings. The minimum absolute atomic E-state index is 0.344. The fourth-order valence-electron chi connectivity index (χ4n) is 0.997. The van der Waals surface area contributed by atoms with Crippen LogP contribution in [-0.4, -0.2) is 26.4 Å². The molecule has 1 N–H and O–H groups in total. The minimum atomic E-state index is -0.999. The molecule has 0 radical (unpaired) electrons. The van der Waals surface area contributed by atoms with Gasteiger partial charge in [0, 0.05) is 6.07 Å². The van der Waals surface area contributed by atoms with Gasteiger partial charge in [-0.2, -0.15) is 8.75 Å². The van der Waals surface area contributed by atoms with Crippen molar-refractivity contribution in [3.63, 3.8) is 0 Å². The van der Waals surface area contributed by atoms with Gasteiger partial charge >= 0.3 is 5.97 Å². The van der Waals surface area contributed by atoms with E-state index in [-0.39, 0.29) is 6.61 Å². The van der Waals surface area contributed by atoms with Gasteiger partial charge in [0.1, 0.15) is 16.8 Å². The van der Waals surface area contributed by atoms with Crippen molar-refractivity contribution in [2.75, 3.05) is 6.61 Å². The standard InChI is InChI=1S/C8H6N2O3S/c11-8(12)4-13-5-1-2-6-7(3-5)10-14-9-6/h1-3H,4H2,(H,11,12). The molecule has 0 fully saturated rings. The van der Waals surface area contributed by atoms with Crippen LogP contribution in [0.3, 0.4) is 0 Å². The highest BCUT2D eigenvalue weighted by Gasteiger charge is 2.02. The summed E-state index contributed by atoms with van der Waals surface area (Å²) < 4.78 is 13.0. The molecule has 5 nitrogen and oxygen atoms in total. The number of carboxylic acid groups (broad SMARTS) is 1. The third kappa shape index (κ3) is 1.80. The van der Waals surface area contributed by atoms with Crippen molar-refractivity contribution >= 4 is 28.7 Å². The highest BCUT2D eigenvalue weighted by Crippen LogP contribution is 2.18. The number of carbonyl (C=O) groups is 1. The fraction of sp³-hybridized carbons (Fsp3) is 0.125. The number of ether oxygens (including phenoxy) is 1. The first kappa shape index (κ1) is 8.89. The van der Waals surface area contributed by atoms with Crippen molar-refractivity contribution in [3.05, 3.63) is 18.2 Å². The van der Waals surface area contributed by atoms with Crippen molar-refractivity contribution < 1.29 is 14.6 Å². The molecule has 1 aromatic carbocycles. The third-order valence-corrected chi connectivity index (χ3v) is 2.14.